The third-order valence-electron chi connectivity index (χ3n) is 3.82. The standard InChI is InChI=1S/C15H20F3N3O4S/c1-11-10-19-8-9-21(11)14(22)6-7-20-26(23,24)13-4-2-12(3-5-13)25-15(16,17)18/h2-5,11,19-20H,6-10H2,1H3/t11-/m0/s1. The van der Waals surface area contributed by atoms with Gasteiger partial charge in [0.2, 0.25) is 15.9 Å². The first kappa shape index (κ1) is 20.5. The molecule has 1 saturated heterocycles. The molecule has 1 aliphatic heterocycles. The number of alkyl halides is 3. The van der Waals surface area contributed by atoms with Crippen molar-refractivity contribution >= 4 is 15.9 Å². The van der Waals surface area contributed by atoms with Crippen LogP contribution in [0.2, 0.25) is 0 Å². The molecule has 1 aromatic rings. The van der Waals surface area contributed by atoms with Gasteiger partial charge in [-0.3, -0.25) is 4.79 Å². The zero-order valence-corrected chi connectivity index (χ0v) is 14.9. The van der Waals surface area contributed by atoms with E-state index in [1.807, 2.05) is 6.92 Å². The Kier molecular flexibility index (Phi) is 6.48. The van der Waals surface area contributed by atoms with Crippen LogP contribution in [0.3, 0.4) is 0 Å². The summed E-state index contributed by atoms with van der Waals surface area (Å²) in [5.74, 6) is -0.671. The van der Waals surface area contributed by atoms with Crippen LogP contribution in [0.25, 0.3) is 0 Å². The molecule has 146 valence electrons. The Hall–Kier alpha value is -1.85. The highest BCUT2D eigenvalue weighted by Gasteiger charge is 2.31. The van der Waals surface area contributed by atoms with Gasteiger partial charge in [0.1, 0.15) is 5.75 Å². The lowest BCUT2D eigenvalue weighted by molar-refractivity contribution is -0.274. The van der Waals surface area contributed by atoms with Gasteiger partial charge in [-0.25, -0.2) is 13.1 Å². The molecule has 1 aliphatic rings. The fraction of sp³-hybridized carbons (Fsp3) is 0.533. The van der Waals surface area contributed by atoms with E-state index < -0.39 is 22.1 Å². The number of halogens is 3. The number of carbonyl (C=O) groups is 1. The lowest BCUT2D eigenvalue weighted by Gasteiger charge is -2.34. The molecule has 1 atom stereocenters. The van der Waals surface area contributed by atoms with Gasteiger partial charge in [-0.1, -0.05) is 0 Å². The first-order chi connectivity index (χ1) is 12.1. The number of nitrogens with one attached hydrogen (secondary N) is 2. The number of hydrogen-bond acceptors (Lipinski definition) is 5. The fourth-order valence-electron chi connectivity index (χ4n) is 2.55. The molecule has 26 heavy (non-hydrogen) atoms. The Labute approximate surface area is 149 Å². The van der Waals surface area contributed by atoms with Crippen LogP contribution in [0.5, 0.6) is 5.75 Å². The van der Waals surface area contributed by atoms with Crippen LogP contribution >= 0.6 is 0 Å². The molecule has 0 bridgehead atoms. The smallest absolute Gasteiger partial charge is 0.406 e. The van der Waals surface area contributed by atoms with Crippen LogP contribution in [-0.2, 0) is 14.8 Å². The number of ether oxygens (including phenoxy) is 1. The van der Waals surface area contributed by atoms with Gasteiger partial charge in [-0.2, -0.15) is 0 Å². The Morgan fingerprint density at radius 3 is 2.58 bits per heavy atom. The number of rotatable bonds is 6. The molecule has 0 spiro atoms. The molecule has 1 fully saturated rings. The van der Waals surface area contributed by atoms with Crippen LogP contribution in [0, 0.1) is 0 Å². The van der Waals surface area contributed by atoms with Crippen molar-refractivity contribution in [2.75, 3.05) is 26.2 Å². The average Bonchev–Trinajstić information content (AvgIpc) is 2.54. The first-order valence-corrected chi connectivity index (χ1v) is 9.42. The van der Waals surface area contributed by atoms with E-state index in [0.717, 1.165) is 24.3 Å². The summed E-state index contributed by atoms with van der Waals surface area (Å²) in [5.41, 5.74) is 0. The molecule has 2 rings (SSSR count). The molecule has 0 saturated carbocycles. The fourth-order valence-corrected chi connectivity index (χ4v) is 3.58. The van der Waals surface area contributed by atoms with Gasteiger partial charge in [0.05, 0.1) is 4.90 Å². The monoisotopic (exact) mass is 395 g/mol. The van der Waals surface area contributed by atoms with Crippen molar-refractivity contribution in [3.05, 3.63) is 24.3 Å². The molecular weight excluding hydrogens is 375 g/mol. The Balaban J connectivity index is 1.89. The molecule has 0 radical (unpaired) electrons. The summed E-state index contributed by atoms with van der Waals surface area (Å²) in [6.45, 7) is 3.74. The Morgan fingerprint density at radius 2 is 2.00 bits per heavy atom. The van der Waals surface area contributed by atoms with Gasteiger partial charge in [0.15, 0.2) is 0 Å². The summed E-state index contributed by atoms with van der Waals surface area (Å²) in [5, 5.41) is 3.15. The van der Waals surface area contributed by atoms with Gasteiger partial charge < -0.3 is 15.0 Å². The maximum absolute atomic E-state index is 12.1. The van der Waals surface area contributed by atoms with Crippen LogP contribution in [-0.4, -0.2) is 57.8 Å². The lowest BCUT2D eigenvalue weighted by atomic mass is 10.2. The summed E-state index contributed by atoms with van der Waals surface area (Å²) in [6, 6.07) is 3.87. The molecule has 7 nitrogen and oxygen atoms in total. The predicted molar refractivity (Wildman–Crippen MR) is 87.0 cm³/mol. The summed E-state index contributed by atoms with van der Waals surface area (Å²) in [7, 11) is -3.93. The number of hydrogen-bond donors (Lipinski definition) is 2. The summed E-state index contributed by atoms with van der Waals surface area (Å²) < 4.78 is 66.6. The molecule has 1 amide bonds. The third-order valence-corrected chi connectivity index (χ3v) is 5.30. The van der Waals surface area contributed by atoms with E-state index in [0.29, 0.717) is 19.6 Å². The first-order valence-electron chi connectivity index (χ1n) is 7.94. The number of sulfonamides is 1. The number of piperazine rings is 1. The van der Waals surface area contributed by atoms with Crippen LogP contribution in [0.4, 0.5) is 13.2 Å². The zero-order valence-electron chi connectivity index (χ0n) is 14.0. The number of carbonyl (C=O) groups excluding carboxylic acids is 1. The number of benzene rings is 1. The van der Waals surface area contributed by atoms with Crippen molar-refractivity contribution in [3.8, 4) is 5.75 Å². The summed E-state index contributed by atoms with van der Waals surface area (Å²) in [4.78, 5) is 13.6. The maximum Gasteiger partial charge on any atom is 0.573 e. The average molecular weight is 395 g/mol. The summed E-state index contributed by atoms with van der Waals surface area (Å²) in [6.07, 6.45) is -4.85. The van der Waals surface area contributed by atoms with Gasteiger partial charge in [0.25, 0.3) is 0 Å². The largest absolute Gasteiger partial charge is 0.573 e. The second kappa shape index (κ2) is 8.23. The second-order valence-corrected chi connectivity index (χ2v) is 7.57. The molecule has 1 aromatic carbocycles. The number of amides is 1. The van der Waals surface area contributed by atoms with Gasteiger partial charge in [-0.15, -0.1) is 13.2 Å². The molecule has 1 heterocycles. The van der Waals surface area contributed by atoms with Crippen molar-refractivity contribution in [3.63, 3.8) is 0 Å². The van der Waals surface area contributed by atoms with Gasteiger partial charge in [0, 0.05) is 38.6 Å². The molecule has 11 heteroatoms. The van der Waals surface area contributed by atoms with Crippen molar-refractivity contribution in [1.29, 1.82) is 0 Å². The quantitative estimate of drug-likeness (QED) is 0.753. The second-order valence-electron chi connectivity index (χ2n) is 5.81. The number of nitrogens with zero attached hydrogens (tertiary/aromatic N) is 1. The Bertz CT molecular complexity index is 723. The van der Waals surface area contributed by atoms with Gasteiger partial charge in [-0.05, 0) is 31.2 Å². The highest BCUT2D eigenvalue weighted by molar-refractivity contribution is 7.89. The molecule has 0 aromatic heterocycles. The van der Waals surface area contributed by atoms with E-state index in [9.17, 15) is 26.4 Å². The topological polar surface area (TPSA) is 87.7 Å². The predicted octanol–water partition coefficient (Wildman–Crippen LogP) is 1.07. The van der Waals surface area contributed by atoms with E-state index >= 15 is 0 Å². The molecule has 0 aliphatic carbocycles. The minimum absolute atomic E-state index is 0.00115. The third kappa shape index (κ3) is 5.85. The molecular formula is C15H20F3N3O4S. The van der Waals surface area contributed by atoms with E-state index in [4.69, 9.17) is 0 Å². The van der Waals surface area contributed by atoms with Crippen LogP contribution in [0.1, 0.15) is 13.3 Å². The zero-order chi connectivity index (χ0) is 19.4. The highest BCUT2D eigenvalue weighted by Crippen LogP contribution is 2.23. The van der Waals surface area contributed by atoms with E-state index in [-0.39, 0.29) is 29.8 Å². The van der Waals surface area contributed by atoms with Crippen molar-refractivity contribution in [1.82, 2.24) is 14.9 Å². The van der Waals surface area contributed by atoms with E-state index in [1.165, 1.54) is 0 Å². The molecule has 0 unspecified atom stereocenters. The highest BCUT2D eigenvalue weighted by atomic mass is 32.2. The minimum Gasteiger partial charge on any atom is -0.406 e. The summed E-state index contributed by atoms with van der Waals surface area (Å²) >= 11 is 0. The van der Waals surface area contributed by atoms with Crippen molar-refractivity contribution < 1.29 is 31.1 Å². The Morgan fingerprint density at radius 1 is 1.35 bits per heavy atom. The SMILES string of the molecule is C[C@H]1CNCCN1C(=O)CCNS(=O)(=O)c1ccc(OC(F)(F)F)cc1. The van der Waals surface area contributed by atoms with Crippen molar-refractivity contribution in [2.24, 2.45) is 0 Å². The maximum atomic E-state index is 12.1. The molecule has 2 N–H and O–H groups in total. The van der Waals surface area contributed by atoms with E-state index in [2.05, 4.69) is 14.8 Å². The lowest BCUT2D eigenvalue weighted by Crippen LogP contribution is -2.52. The van der Waals surface area contributed by atoms with Gasteiger partial charge >= 0.3 is 6.36 Å². The minimum atomic E-state index is -4.85. The van der Waals surface area contributed by atoms with E-state index in [1.54, 1.807) is 4.90 Å². The van der Waals surface area contributed by atoms with Crippen LogP contribution < -0.4 is 14.8 Å². The normalized spacial score (nSPS) is 18.6. The van der Waals surface area contributed by atoms with Crippen molar-refractivity contribution in [2.45, 2.75) is 30.6 Å². The van der Waals surface area contributed by atoms with Crippen LogP contribution in [0.15, 0.2) is 29.2 Å².